The average Bonchev–Trinajstić information content (AvgIpc) is 2.91. The van der Waals surface area contributed by atoms with Gasteiger partial charge in [-0.25, -0.2) is 4.98 Å². The molecule has 132 valence electrons. The first-order valence-electron chi connectivity index (χ1n) is 8.20. The van der Waals surface area contributed by atoms with E-state index in [9.17, 15) is 4.79 Å². The van der Waals surface area contributed by atoms with Crippen LogP contribution < -0.4 is 5.32 Å². The van der Waals surface area contributed by atoms with E-state index in [0.29, 0.717) is 23.9 Å². The Morgan fingerprint density at radius 2 is 2.25 bits per heavy atom. The lowest BCUT2D eigenvalue weighted by Gasteiger charge is -2.08. The van der Waals surface area contributed by atoms with Gasteiger partial charge in [-0.15, -0.1) is 0 Å². The number of hydrogen-bond acceptors (Lipinski definition) is 4. The third kappa shape index (κ3) is 5.40. The van der Waals surface area contributed by atoms with Crippen LogP contribution in [-0.2, 0) is 16.1 Å². The van der Waals surface area contributed by atoms with Crippen molar-refractivity contribution < 1.29 is 9.53 Å². The van der Waals surface area contributed by atoms with E-state index in [4.69, 9.17) is 16.3 Å². The second kappa shape index (κ2) is 9.91. The summed E-state index contributed by atoms with van der Waals surface area (Å²) in [6.07, 6.45) is 3.31. The van der Waals surface area contributed by atoms with Gasteiger partial charge in [-0.05, 0) is 24.6 Å². The first-order valence-corrected chi connectivity index (χ1v) is 9.56. The molecule has 1 aromatic carbocycles. The monoisotopic (exact) mass is 369 g/mol. The highest BCUT2D eigenvalue weighted by Crippen LogP contribution is 2.26. The van der Waals surface area contributed by atoms with Gasteiger partial charge < -0.3 is 14.6 Å². The van der Waals surface area contributed by atoms with Crippen molar-refractivity contribution in [3.05, 3.63) is 23.2 Å². The highest BCUT2D eigenvalue weighted by Gasteiger charge is 2.13. The lowest BCUT2D eigenvalue weighted by molar-refractivity contribution is -0.118. The van der Waals surface area contributed by atoms with E-state index in [-0.39, 0.29) is 5.91 Å². The SMILES string of the molecule is CCCCCNC(=O)CSc1nc2cc(Cl)ccc2n1CCOC. The normalized spacial score (nSPS) is 11.1. The van der Waals surface area contributed by atoms with E-state index in [1.54, 1.807) is 7.11 Å². The minimum atomic E-state index is 0.0412. The van der Waals surface area contributed by atoms with Crippen LogP contribution in [-0.4, -0.2) is 41.5 Å². The number of amides is 1. The summed E-state index contributed by atoms with van der Waals surface area (Å²) >= 11 is 7.49. The molecule has 0 saturated heterocycles. The molecule has 0 atom stereocenters. The Bertz CT molecular complexity index is 675. The summed E-state index contributed by atoms with van der Waals surface area (Å²) in [7, 11) is 1.67. The second-order valence-electron chi connectivity index (χ2n) is 5.52. The molecule has 1 heterocycles. The van der Waals surface area contributed by atoms with Crippen molar-refractivity contribution in [1.29, 1.82) is 0 Å². The van der Waals surface area contributed by atoms with Crippen molar-refractivity contribution in [3.8, 4) is 0 Å². The fourth-order valence-electron chi connectivity index (χ4n) is 2.37. The van der Waals surface area contributed by atoms with Gasteiger partial charge in [-0.2, -0.15) is 0 Å². The number of halogens is 1. The smallest absolute Gasteiger partial charge is 0.230 e. The molecule has 0 saturated carbocycles. The molecule has 0 bridgehead atoms. The molecule has 0 unspecified atom stereocenters. The van der Waals surface area contributed by atoms with Crippen LogP contribution in [0.3, 0.4) is 0 Å². The maximum absolute atomic E-state index is 12.0. The second-order valence-corrected chi connectivity index (χ2v) is 6.90. The number of benzene rings is 1. The van der Waals surface area contributed by atoms with Gasteiger partial charge in [0.1, 0.15) is 0 Å². The number of thioether (sulfide) groups is 1. The molecule has 0 aliphatic rings. The number of carbonyl (C=O) groups excluding carboxylic acids is 1. The summed E-state index contributed by atoms with van der Waals surface area (Å²) in [6.45, 7) is 4.16. The van der Waals surface area contributed by atoms with E-state index in [0.717, 1.165) is 42.0 Å². The van der Waals surface area contributed by atoms with Gasteiger partial charge in [0.2, 0.25) is 5.91 Å². The Kier molecular flexibility index (Phi) is 7.88. The number of methoxy groups -OCH3 is 1. The molecule has 1 amide bonds. The molecule has 0 aliphatic heterocycles. The van der Waals surface area contributed by atoms with E-state index < -0.39 is 0 Å². The molecular formula is C17H24ClN3O2S. The molecule has 7 heteroatoms. The fourth-order valence-corrected chi connectivity index (χ4v) is 3.41. The van der Waals surface area contributed by atoms with Gasteiger partial charge in [0.05, 0.1) is 23.4 Å². The van der Waals surface area contributed by atoms with Crippen LogP contribution in [0.1, 0.15) is 26.2 Å². The van der Waals surface area contributed by atoms with Crippen LogP contribution in [0.4, 0.5) is 0 Å². The first-order chi connectivity index (χ1) is 11.7. The maximum atomic E-state index is 12.0. The van der Waals surface area contributed by atoms with E-state index >= 15 is 0 Å². The van der Waals surface area contributed by atoms with Crippen LogP contribution in [0, 0.1) is 0 Å². The zero-order valence-electron chi connectivity index (χ0n) is 14.2. The number of aromatic nitrogens is 2. The van der Waals surface area contributed by atoms with Crippen LogP contribution in [0.5, 0.6) is 0 Å². The number of imidazole rings is 1. The number of ether oxygens (including phenoxy) is 1. The van der Waals surface area contributed by atoms with Gasteiger partial charge >= 0.3 is 0 Å². The topological polar surface area (TPSA) is 56.2 Å². The summed E-state index contributed by atoms with van der Waals surface area (Å²) in [5, 5.41) is 4.42. The van der Waals surface area contributed by atoms with Crippen molar-refractivity contribution >= 4 is 40.3 Å². The quantitative estimate of drug-likeness (QED) is 0.512. The Morgan fingerprint density at radius 1 is 1.42 bits per heavy atom. The Balaban J connectivity index is 2.02. The van der Waals surface area contributed by atoms with Crippen LogP contribution >= 0.6 is 23.4 Å². The predicted octanol–water partition coefficient (Wildman–Crippen LogP) is 3.73. The Labute approximate surface area is 152 Å². The average molecular weight is 370 g/mol. The number of fused-ring (bicyclic) bond motifs is 1. The number of nitrogens with zero attached hydrogens (tertiary/aromatic N) is 2. The molecule has 0 spiro atoms. The molecule has 5 nitrogen and oxygen atoms in total. The Hall–Kier alpha value is -1.24. The summed E-state index contributed by atoms with van der Waals surface area (Å²) in [6, 6.07) is 5.65. The third-order valence-electron chi connectivity index (χ3n) is 3.63. The van der Waals surface area contributed by atoms with Gasteiger partial charge in [0, 0.05) is 25.2 Å². The highest BCUT2D eigenvalue weighted by molar-refractivity contribution is 7.99. The van der Waals surface area contributed by atoms with Gasteiger partial charge in [0.25, 0.3) is 0 Å². The number of hydrogen-bond donors (Lipinski definition) is 1. The Morgan fingerprint density at radius 3 is 3.00 bits per heavy atom. The van der Waals surface area contributed by atoms with E-state index in [1.807, 2.05) is 18.2 Å². The van der Waals surface area contributed by atoms with Gasteiger partial charge in [-0.1, -0.05) is 43.1 Å². The number of nitrogens with one attached hydrogen (secondary N) is 1. The van der Waals surface area contributed by atoms with Crippen molar-refractivity contribution in [2.45, 2.75) is 37.9 Å². The first kappa shape index (κ1) is 19.1. The molecule has 0 aliphatic carbocycles. The summed E-state index contributed by atoms with van der Waals surface area (Å²) < 4.78 is 7.25. The van der Waals surface area contributed by atoms with Crippen molar-refractivity contribution in [2.24, 2.45) is 0 Å². The molecule has 24 heavy (non-hydrogen) atoms. The summed E-state index contributed by atoms with van der Waals surface area (Å²) in [5.41, 5.74) is 1.84. The molecule has 1 aromatic heterocycles. The van der Waals surface area contributed by atoms with Crippen LogP contribution in [0.2, 0.25) is 5.02 Å². The maximum Gasteiger partial charge on any atom is 0.230 e. The molecular weight excluding hydrogens is 346 g/mol. The van der Waals surface area contributed by atoms with Crippen LogP contribution in [0.25, 0.3) is 11.0 Å². The van der Waals surface area contributed by atoms with E-state index in [1.165, 1.54) is 11.8 Å². The van der Waals surface area contributed by atoms with Crippen molar-refractivity contribution in [3.63, 3.8) is 0 Å². The van der Waals surface area contributed by atoms with Crippen molar-refractivity contribution in [1.82, 2.24) is 14.9 Å². The number of unbranched alkanes of at least 4 members (excludes halogenated alkanes) is 2. The molecule has 2 rings (SSSR count). The molecule has 2 aromatic rings. The zero-order valence-corrected chi connectivity index (χ0v) is 15.8. The third-order valence-corrected chi connectivity index (χ3v) is 4.84. The largest absolute Gasteiger partial charge is 0.383 e. The summed E-state index contributed by atoms with van der Waals surface area (Å²) in [5.74, 6) is 0.398. The lowest BCUT2D eigenvalue weighted by Crippen LogP contribution is -2.26. The van der Waals surface area contributed by atoms with Gasteiger partial charge in [-0.3, -0.25) is 4.79 Å². The lowest BCUT2D eigenvalue weighted by atomic mass is 10.2. The van der Waals surface area contributed by atoms with Gasteiger partial charge in [0.15, 0.2) is 5.16 Å². The van der Waals surface area contributed by atoms with Crippen LogP contribution in [0.15, 0.2) is 23.4 Å². The van der Waals surface area contributed by atoms with E-state index in [2.05, 4.69) is 21.8 Å². The molecule has 1 N–H and O–H groups in total. The molecule has 0 radical (unpaired) electrons. The standard InChI is InChI=1S/C17H24ClN3O2S/c1-3-4-5-8-19-16(22)12-24-17-20-14-11-13(18)6-7-15(14)21(17)9-10-23-2/h6-7,11H,3-5,8-10,12H2,1-2H3,(H,19,22). The highest BCUT2D eigenvalue weighted by atomic mass is 35.5. The predicted molar refractivity (Wildman–Crippen MR) is 99.9 cm³/mol. The zero-order chi connectivity index (χ0) is 17.4. The summed E-state index contributed by atoms with van der Waals surface area (Å²) in [4.78, 5) is 16.6. The fraction of sp³-hybridized carbons (Fsp3) is 0.529. The number of carbonyl (C=O) groups is 1. The molecule has 0 fully saturated rings. The number of rotatable bonds is 10. The minimum Gasteiger partial charge on any atom is -0.383 e. The minimum absolute atomic E-state index is 0.0412. The van der Waals surface area contributed by atoms with Crippen molar-refractivity contribution in [2.75, 3.05) is 26.0 Å².